The van der Waals surface area contributed by atoms with Gasteiger partial charge in [0.05, 0.1) is 5.69 Å². The summed E-state index contributed by atoms with van der Waals surface area (Å²) >= 11 is 1.54. The first-order valence-corrected chi connectivity index (χ1v) is 8.01. The molecule has 118 valence electrons. The smallest absolute Gasteiger partial charge is 0.306 e. The van der Waals surface area contributed by atoms with Gasteiger partial charge >= 0.3 is 5.97 Å². The monoisotopic (exact) mass is 382 g/mol. The first-order valence-electron chi connectivity index (χ1n) is 7.13. The van der Waals surface area contributed by atoms with E-state index in [2.05, 4.69) is 23.3 Å². The van der Waals surface area contributed by atoms with Gasteiger partial charge in [-0.3, -0.25) is 4.79 Å². The van der Waals surface area contributed by atoms with E-state index in [0.29, 0.717) is 6.42 Å². The lowest BCUT2D eigenvalue weighted by Crippen LogP contribution is -2.25. The molecular weight excluding hydrogens is 364 g/mol. The van der Waals surface area contributed by atoms with Crippen molar-refractivity contribution in [1.82, 2.24) is 4.98 Å². The third-order valence-corrected chi connectivity index (χ3v) is 4.73. The number of cyclic esters (lactones) is 1. The number of nitrogens with zero attached hydrogens (tertiary/aromatic N) is 1. The van der Waals surface area contributed by atoms with Gasteiger partial charge in [0.2, 0.25) is 0 Å². The van der Waals surface area contributed by atoms with Gasteiger partial charge in [-0.25, -0.2) is 4.98 Å². The minimum absolute atomic E-state index is 0. The highest BCUT2D eigenvalue weighted by Crippen LogP contribution is 2.41. The van der Waals surface area contributed by atoms with Gasteiger partial charge in [0.25, 0.3) is 0 Å². The Labute approximate surface area is 144 Å². The van der Waals surface area contributed by atoms with Gasteiger partial charge < -0.3 is 10.1 Å². The highest BCUT2D eigenvalue weighted by Gasteiger charge is 2.42. The number of rotatable bonds is 4. The number of hydrogen-bond donors (Lipinski definition) is 1. The van der Waals surface area contributed by atoms with Gasteiger partial charge in [0, 0.05) is 23.9 Å². The predicted molar refractivity (Wildman–Crippen MR) is 94.2 cm³/mol. The van der Waals surface area contributed by atoms with Crippen LogP contribution in [0.4, 0.5) is 10.8 Å². The second-order valence-corrected chi connectivity index (χ2v) is 6.16. The molecule has 1 aromatic carbocycles. The van der Waals surface area contributed by atoms with Gasteiger partial charge in [-0.2, -0.15) is 0 Å². The zero-order valence-electron chi connectivity index (χ0n) is 12.6. The Balaban J connectivity index is 0.00000176. The molecule has 1 atom stereocenters. The summed E-state index contributed by atoms with van der Waals surface area (Å²) in [5.41, 5.74) is 2.55. The third-order valence-electron chi connectivity index (χ3n) is 3.97. The molecule has 0 spiro atoms. The minimum atomic E-state index is -0.529. The number of ether oxygens (including phenoxy) is 1. The molecule has 1 unspecified atom stereocenters. The molecule has 22 heavy (non-hydrogen) atoms. The summed E-state index contributed by atoms with van der Waals surface area (Å²) in [7, 11) is 0. The molecule has 3 rings (SSSR count). The van der Waals surface area contributed by atoms with Crippen molar-refractivity contribution in [3.63, 3.8) is 0 Å². The van der Waals surface area contributed by atoms with Gasteiger partial charge in [-0.15, -0.1) is 28.3 Å². The molecule has 0 saturated carbocycles. The fourth-order valence-electron chi connectivity index (χ4n) is 2.60. The van der Waals surface area contributed by atoms with Crippen molar-refractivity contribution in [2.24, 2.45) is 0 Å². The summed E-state index contributed by atoms with van der Waals surface area (Å²) in [5, 5.41) is 6.15. The molecule has 1 fully saturated rings. The number of para-hydroxylation sites is 1. The number of esters is 1. The van der Waals surface area contributed by atoms with Crippen molar-refractivity contribution < 1.29 is 9.53 Å². The fraction of sp³-hybridized carbons (Fsp3) is 0.375. The Kier molecular flexibility index (Phi) is 5.24. The first-order chi connectivity index (χ1) is 10.1. The molecule has 0 amide bonds. The zero-order valence-corrected chi connectivity index (χ0v) is 15.1. The summed E-state index contributed by atoms with van der Waals surface area (Å²) in [6.07, 6.45) is 1.95. The van der Waals surface area contributed by atoms with Crippen LogP contribution in [0.15, 0.2) is 29.6 Å². The van der Waals surface area contributed by atoms with Crippen molar-refractivity contribution in [1.29, 1.82) is 0 Å². The number of anilines is 2. The number of nitrogens with one attached hydrogen (secondary N) is 1. The van der Waals surface area contributed by atoms with E-state index < -0.39 is 5.60 Å². The number of carbonyl (C=O) groups excluding carboxylic acids is 1. The topological polar surface area (TPSA) is 51.2 Å². The van der Waals surface area contributed by atoms with Crippen molar-refractivity contribution in [3.05, 3.63) is 40.9 Å². The Morgan fingerprint density at radius 2 is 2.18 bits per heavy atom. The number of halogens is 1. The van der Waals surface area contributed by atoms with Crippen molar-refractivity contribution in [2.75, 3.05) is 5.32 Å². The summed E-state index contributed by atoms with van der Waals surface area (Å²) < 4.78 is 5.55. The van der Waals surface area contributed by atoms with E-state index in [1.165, 1.54) is 5.56 Å². The Bertz CT molecular complexity index is 674. The van der Waals surface area contributed by atoms with E-state index in [1.807, 2.05) is 30.5 Å². The predicted octanol–water partition coefficient (Wildman–Crippen LogP) is 4.72. The van der Waals surface area contributed by atoms with Gasteiger partial charge in [0.15, 0.2) is 10.7 Å². The number of thiazole rings is 1. The van der Waals surface area contributed by atoms with Crippen LogP contribution >= 0.6 is 28.3 Å². The average molecular weight is 383 g/mol. The molecule has 1 aliphatic rings. The number of hydrogen-bond acceptors (Lipinski definition) is 5. The second-order valence-electron chi connectivity index (χ2n) is 5.30. The lowest BCUT2D eigenvalue weighted by molar-refractivity contribution is -0.149. The van der Waals surface area contributed by atoms with E-state index in [1.54, 1.807) is 11.3 Å². The summed E-state index contributed by atoms with van der Waals surface area (Å²) in [6, 6.07) is 8.10. The van der Waals surface area contributed by atoms with Crippen LogP contribution in [-0.2, 0) is 15.1 Å². The molecule has 6 heteroatoms. The lowest BCUT2D eigenvalue weighted by atomic mass is 9.94. The third kappa shape index (κ3) is 3.17. The summed E-state index contributed by atoms with van der Waals surface area (Å²) in [6.45, 7) is 4.09. The molecule has 1 N–H and O–H groups in total. The summed E-state index contributed by atoms with van der Waals surface area (Å²) in [4.78, 5) is 16.1. The largest absolute Gasteiger partial charge is 0.452 e. The van der Waals surface area contributed by atoms with E-state index in [0.717, 1.165) is 29.4 Å². The van der Waals surface area contributed by atoms with Crippen LogP contribution in [0.2, 0.25) is 0 Å². The van der Waals surface area contributed by atoms with Crippen molar-refractivity contribution in [2.45, 2.75) is 38.7 Å². The van der Waals surface area contributed by atoms with Crippen LogP contribution in [0.3, 0.4) is 0 Å². The normalized spacial score (nSPS) is 20.4. The lowest BCUT2D eigenvalue weighted by Gasteiger charge is -2.23. The van der Waals surface area contributed by atoms with Crippen LogP contribution in [0.25, 0.3) is 0 Å². The van der Waals surface area contributed by atoms with E-state index in [9.17, 15) is 4.79 Å². The Morgan fingerprint density at radius 3 is 2.82 bits per heavy atom. The molecule has 0 radical (unpaired) electrons. The van der Waals surface area contributed by atoms with Crippen LogP contribution in [-0.4, -0.2) is 11.0 Å². The van der Waals surface area contributed by atoms with E-state index in [-0.39, 0.29) is 23.0 Å². The van der Waals surface area contributed by atoms with Crippen LogP contribution in [0.5, 0.6) is 0 Å². The highest BCUT2D eigenvalue weighted by molar-refractivity contribution is 8.93. The molecule has 2 aromatic rings. The van der Waals surface area contributed by atoms with Crippen LogP contribution in [0.1, 0.15) is 37.4 Å². The SMILES string of the molecule is Br.CCC1(c2csc(Nc3ccccc3C)n2)CCC(=O)O1. The van der Waals surface area contributed by atoms with Gasteiger partial charge in [-0.05, 0) is 25.0 Å². The van der Waals surface area contributed by atoms with Crippen LogP contribution in [0, 0.1) is 6.92 Å². The average Bonchev–Trinajstić information content (AvgIpc) is 3.09. The standard InChI is InChI=1S/C16H18N2O2S.BrH/c1-3-16(9-8-14(19)20-16)13-10-21-15(18-13)17-12-7-5-4-6-11(12)2;/h4-7,10H,3,8-9H2,1-2H3,(H,17,18);1H. The number of aromatic nitrogens is 1. The number of benzene rings is 1. The molecular formula is C16H19BrN2O2S. The van der Waals surface area contributed by atoms with E-state index >= 15 is 0 Å². The maximum Gasteiger partial charge on any atom is 0.306 e. The molecule has 1 aliphatic heterocycles. The fourth-order valence-corrected chi connectivity index (χ4v) is 3.41. The molecule has 2 heterocycles. The first kappa shape index (κ1) is 17.0. The maximum atomic E-state index is 11.5. The quantitative estimate of drug-likeness (QED) is 0.777. The molecule has 0 aliphatic carbocycles. The van der Waals surface area contributed by atoms with Gasteiger partial charge in [0.1, 0.15) is 0 Å². The Morgan fingerprint density at radius 1 is 1.41 bits per heavy atom. The Hall–Kier alpha value is -1.40. The number of aryl methyl sites for hydroxylation is 1. The van der Waals surface area contributed by atoms with Crippen molar-refractivity contribution in [3.8, 4) is 0 Å². The number of carbonyl (C=O) groups is 1. The highest BCUT2D eigenvalue weighted by atomic mass is 79.9. The molecule has 4 nitrogen and oxygen atoms in total. The van der Waals surface area contributed by atoms with Crippen molar-refractivity contribution >= 4 is 45.1 Å². The summed E-state index contributed by atoms with van der Waals surface area (Å²) in [5.74, 6) is -0.127. The maximum absolute atomic E-state index is 11.5. The van der Waals surface area contributed by atoms with Crippen LogP contribution < -0.4 is 5.32 Å². The van der Waals surface area contributed by atoms with Gasteiger partial charge in [-0.1, -0.05) is 25.1 Å². The minimum Gasteiger partial charge on any atom is -0.452 e. The molecule has 1 aromatic heterocycles. The van der Waals surface area contributed by atoms with E-state index in [4.69, 9.17) is 4.74 Å². The molecule has 1 saturated heterocycles. The molecule has 0 bridgehead atoms. The second kappa shape index (κ2) is 6.79. The zero-order chi connectivity index (χ0) is 14.9.